The standard InChI is InChI=1S/C6H13NO5/c7-2-3(9)5(11)6(12,1-8)4(2)10/h2-5,8-12H,1,7H2/t2-,3-,4+,5+,6-/m1/s1. The summed E-state index contributed by atoms with van der Waals surface area (Å²) < 4.78 is 0. The number of aliphatic hydroxyl groups excluding tert-OH is 4. The summed E-state index contributed by atoms with van der Waals surface area (Å²) in [5.74, 6) is 0. The second-order valence-corrected chi connectivity index (χ2v) is 3.11. The Balaban J connectivity index is 2.90. The van der Waals surface area contributed by atoms with Gasteiger partial charge >= 0.3 is 0 Å². The Kier molecular flexibility index (Phi) is 2.39. The van der Waals surface area contributed by atoms with E-state index in [4.69, 9.17) is 21.1 Å². The van der Waals surface area contributed by atoms with Crippen LogP contribution in [0.1, 0.15) is 0 Å². The lowest BCUT2D eigenvalue weighted by Crippen LogP contribution is -2.52. The average molecular weight is 179 g/mol. The summed E-state index contributed by atoms with van der Waals surface area (Å²) in [6.45, 7) is -0.847. The van der Waals surface area contributed by atoms with Crippen LogP contribution >= 0.6 is 0 Å². The number of hydrogen-bond donors (Lipinski definition) is 6. The largest absolute Gasteiger partial charge is 0.393 e. The first-order valence-corrected chi connectivity index (χ1v) is 3.58. The van der Waals surface area contributed by atoms with Crippen LogP contribution in [0.5, 0.6) is 0 Å². The molecular weight excluding hydrogens is 166 g/mol. The summed E-state index contributed by atoms with van der Waals surface area (Å²) in [5, 5.41) is 45.5. The van der Waals surface area contributed by atoms with Crippen molar-refractivity contribution in [3.8, 4) is 0 Å². The molecule has 5 atom stereocenters. The van der Waals surface area contributed by atoms with Crippen molar-refractivity contribution in [3.63, 3.8) is 0 Å². The van der Waals surface area contributed by atoms with E-state index in [1.165, 1.54) is 0 Å². The van der Waals surface area contributed by atoms with Gasteiger partial charge in [-0.2, -0.15) is 0 Å². The molecule has 12 heavy (non-hydrogen) atoms. The topological polar surface area (TPSA) is 127 Å². The maximum atomic E-state index is 9.39. The van der Waals surface area contributed by atoms with Crippen molar-refractivity contribution in [3.05, 3.63) is 0 Å². The molecule has 1 aliphatic rings. The first-order chi connectivity index (χ1) is 5.45. The molecule has 0 heterocycles. The van der Waals surface area contributed by atoms with Crippen LogP contribution in [0.15, 0.2) is 0 Å². The van der Waals surface area contributed by atoms with E-state index < -0.39 is 36.6 Å². The lowest BCUT2D eigenvalue weighted by Gasteiger charge is -2.27. The average Bonchev–Trinajstić information content (AvgIpc) is 2.22. The van der Waals surface area contributed by atoms with Gasteiger partial charge in [-0.05, 0) is 0 Å². The van der Waals surface area contributed by atoms with Crippen LogP contribution in [0.25, 0.3) is 0 Å². The van der Waals surface area contributed by atoms with Crippen LogP contribution in [-0.4, -0.2) is 62.1 Å². The van der Waals surface area contributed by atoms with Crippen molar-refractivity contribution in [1.29, 1.82) is 0 Å². The van der Waals surface area contributed by atoms with Crippen LogP contribution < -0.4 is 5.73 Å². The molecule has 1 aliphatic carbocycles. The number of nitrogens with two attached hydrogens (primary N) is 1. The summed E-state index contributed by atoms with van der Waals surface area (Å²) in [6, 6.07) is -1.14. The molecule has 0 aromatic carbocycles. The molecule has 0 radical (unpaired) electrons. The van der Waals surface area contributed by atoms with Gasteiger partial charge in [0.05, 0.1) is 12.6 Å². The summed E-state index contributed by atoms with van der Waals surface area (Å²) in [7, 11) is 0. The lowest BCUT2D eigenvalue weighted by atomic mass is 9.98. The predicted octanol–water partition coefficient (Wildman–Crippen LogP) is -3.87. The van der Waals surface area contributed by atoms with Gasteiger partial charge in [0.1, 0.15) is 23.9 Å². The maximum absolute atomic E-state index is 9.39. The number of hydrogen-bond acceptors (Lipinski definition) is 6. The van der Waals surface area contributed by atoms with Gasteiger partial charge in [-0.1, -0.05) is 0 Å². The smallest absolute Gasteiger partial charge is 0.143 e. The van der Waals surface area contributed by atoms with E-state index in [1.54, 1.807) is 0 Å². The third-order valence-corrected chi connectivity index (χ3v) is 2.36. The first kappa shape index (κ1) is 9.85. The van der Waals surface area contributed by atoms with Crippen LogP contribution in [0.4, 0.5) is 0 Å². The second-order valence-electron chi connectivity index (χ2n) is 3.11. The molecule has 1 saturated carbocycles. The van der Waals surface area contributed by atoms with Gasteiger partial charge in [0.15, 0.2) is 0 Å². The van der Waals surface area contributed by atoms with Crippen molar-refractivity contribution in [2.75, 3.05) is 6.61 Å². The minimum atomic E-state index is -2.11. The Hall–Kier alpha value is -0.240. The molecule has 0 saturated heterocycles. The molecule has 1 rings (SSSR count). The Bertz CT molecular complexity index is 161. The summed E-state index contributed by atoms with van der Waals surface area (Å²) in [6.07, 6.45) is -4.56. The number of rotatable bonds is 1. The number of aliphatic hydroxyl groups is 5. The zero-order chi connectivity index (χ0) is 9.52. The van der Waals surface area contributed by atoms with Crippen LogP contribution in [0.3, 0.4) is 0 Å². The first-order valence-electron chi connectivity index (χ1n) is 3.58. The Labute approximate surface area is 68.9 Å². The highest BCUT2D eigenvalue weighted by molar-refractivity contribution is 5.10. The van der Waals surface area contributed by atoms with Crippen molar-refractivity contribution in [2.45, 2.75) is 30.0 Å². The van der Waals surface area contributed by atoms with Gasteiger partial charge in [0.25, 0.3) is 0 Å². The fraction of sp³-hybridized carbons (Fsp3) is 1.00. The van der Waals surface area contributed by atoms with Gasteiger partial charge in [-0.3, -0.25) is 0 Å². The molecule has 72 valence electrons. The lowest BCUT2D eigenvalue weighted by molar-refractivity contribution is -0.148. The molecule has 0 amide bonds. The Morgan fingerprint density at radius 1 is 1.17 bits per heavy atom. The molecule has 0 spiro atoms. The molecule has 0 bridgehead atoms. The molecule has 6 nitrogen and oxygen atoms in total. The highest BCUT2D eigenvalue weighted by atomic mass is 16.4. The van der Waals surface area contributed by atoms with E-state index in [2.05, 4.69) is 0 Å². The van der Waals surface area contributed by atoms with Gasteiger partial charge in [-0.15, -0.1) is 0 Å². The molecular formula is C6H13NO5. The summed E-state index contributed by atoms with van der Waals surface area (Å²) in [5.41, 5.74) is 3.12. The molecule has 0 aromatic rings. The van der Waals surface area contributed by atoms with Crippen molar-refractivity contribution in [2.24, 2.45) is 5.73 Å². The van der Waals surface area contributed by atoms with E-state index >= 15 is 0 Å². The molecule has 1 fully saturated rings. The minimum absolute atomic E-state index is 0.847. The SMILES string of the molecule is N[C@@H]1[C@@H](O)[C@H](O)[C@@](O)(CO)[C@H]1O. The van der Waals surface area contributed by atoms with E-state index in [1.807, 2.05) is 0 Å². The van der Waals surface area contributed by atoms with Crippen LogP contribution in [0.2, 0.25) is 0 Å². The third kappa shape index (κ3) is 1.05. The molecule has 6 heteroatoms. The zero-order valence-electron chi connectivity index (χ0n) is 6.33. The van der Waals surface area contributed by atoms with E-state index in [9.17, 15) is 10.2 Å². The normalized spacial score (nSPS) is 54.5. The van der Waals surface area contributed by atoms with E-state index in [-0.39, 0.29) is 0 Å². The quantitative estimate of drug-likeness (QED) is 0.244. The maximum Gasteiger partial charge on any atom is 0.143 e. The van der Waals surface area contributed by atoms with Crippen LogP contribution in [0, 0.1) is 0 Å². The van der Waals surface area contributed by atoms with Crippen LogP contribution in [-0.2, 0) is 0 Å². The predicted molar refractivity (Wildman–Crippen MR) is 38.0 cm³/mol. The fourth-order valence-electron chi connectivity index (χ4n) is 1.39. The minimum Gasteiger partial charge on any atom is -0.393 e. The Morgan fingerprint density at radius 2 is 1.67 bits per heavy atom. The second kappa shape index (κ2) is 2.91. The van der Waals surface area contributed by atoms with E-state index in [0.717, 1.165) is 0 Å². The fourth-order valence-corrected chi connectivity index (χ4v) is 1.39. The van der Waals surface area contributed by atoms with Gasteiger partial charge in [0.2, 0.25) is 0 Å². The molecule has 0 unspecified atom stereocenters. The highest BCUT2D eigenvalue weighted by Gasteiger charge is 2.57. The zero-order valence-corrected chi connectivity index (χ0v) is 6.33. The highest BCUT2D eigenvalue weighted by Crippen LogP contribution is 2.29. The summed E-state index contributed by atoms with van der Waals surface area (Å²) >= 11 is 0. The summed E-state index contributed by atoms with van der Waals surface area (Å²) in [4.78, 5) is 0. The van der Waals surface area contributed by atoms with Crippen molar-refractivity contribution >= 4 is 0 Å². The molecule has 0 aromatic heterocycles. The van der Waals surface area contributed by atoms with Gasteiger partial charge in [0, 0.05) is 0 Å². The van der Waals surface area contributed by atoms with Crippen molar-refractivity contribution < 1.29 is 25.5 Å². The van der Waals surface area contributed by atoms with Crippen molar-refractivity contribution in [1.82, 2.24) is 0 Å². The van der Waals surface area contributed by atoms with Gasteiger partial charge in [-0.25, -0.2) is 0 Å². The van der Waals surface area contributed by atoms with E-state index in [0.29, 0.717) is 0 Å². The monoisotopic (exact) mass is 179 g/mol. The molecule has 7 N–H and O–H groups in total. The van der Waals surface area contributed by atoms with Gasteiger partial charge < -0.3 is 31.3 Å². The Morgan fingerprint density at radius 3 is 1.83 bits per heavy atom. The third-order valence-electron chi connectivity index (χ3n) is 2.36. The molecule has 0 aliphatic heterocycles.